The summed E-state index contributed by atoms with van der Waals surface area (Å²) in [5.41, 5.74) is 3.76. The Labute approximate surface area is 179 Å². The number of methoxy groups -OCH3 is 3. The van der Waals surface area contributed by atoms with Crippen LogP contribution in [0.15, 0.2) is 59.6 Å². The monoisotopic (exact) mass is 425 g/mol. The molecular formula is C23H23NO5S. The van der Waals surface area contributed by atoms with E-state index < -0.39 is 0 Å². The second-order valence-electron chi connectivity index (χ2n) is 6.76. The maximum atomic E-state index is 6.17. The van der Waals surface area contributed by atoms with Gasteiger partial charge in [-0.2, -0.15) is 4.37 Å². The van der Waals surface area contributed by atoms with E-state index in [1.165, 1.54) is 17.1 Å². The second kappa shape index (κ2) is 9.09. The van der Waals surface area contributed by atoms with Gasteiger partial charge in [-0.15, -0.1) is 0 Å². The lowest BCUT2D eigenvalue weighted by molar-refractivity contribution is 0.273. The molecular weight excluding hydrogens is 402 g/mol. The highest BCUT2D eigenvalue weighted by Crippen LogP contribution is 2.43. The molecule has 0 saturated heterocycles. The van der Waals surface area contributed by atoms with Crippen LogP contribution in [0.4, 0.5) is 0 Å². The van der Waals surface area contributed by atoms with E-state index in [1.807, 2.05) is 17.5 Å². The van der Waals surface area contributed by atoms with Crippen LogP contribution in [0.2, 0.25) is 0 Å². The van der Waals surface area contributed by atoms with E-state index in [-0.39, 0.29) is 0 Å². The number of nitrogens with zero attached hydrogens (tertiary/aromatic N) is 1. The smallest absolute Gasteiger partial charge is 0.203 e. The molecule has 0 N–H and O–H groups in total. The minimum Gasteiger partial charge on any atom is -0.493 e. The number of rotatable bonds is 7. The number of ether oxygens (including phenoxy) is 5. The van der Waals surface area contributed by atoms with Gasteiger partial charge in [-0.1, -0.05) is 23.8 Å². The Bertz CT molecular complexity index is 1020. The van der Waals surface area contributed by atoms with Gasteiger partial charge in [-0.25, -0.2) is 0 Å². The van der Waals surface area contributed by atoms with Gasteiger partial charge in [-0.3, -0.25) is 0 Å². The van der Waals surface area contributed by atoms with Gasteiger partial charge in [-0.05, 0) is 36.5 Å². The molecule has 2 heterocycles. The lowest BCUT2D eigenvalue weighted by Gasteiger charge is -2.19. The first-order valence-electron chi connectivity index (χ1n) is 9.55. The van der Waals surface area contributed by atoms with Crippen LogP contribution in [0.5, 0.6) is 17.2 Å². The topological polar surface area (TPSA) is 59.0 Å². The molecule has 0 unspecified atom stereocenters. The summed E-state index contributed by atoms with van der Waals surface area (Å²) in [6.07, 6.45) is 12.5. The van der Waals surface area contributed by atoms with Crippen molar-refractivity contribution in [2.45, 2.75) is 19.3 Å². The molecule has 7 heteroatoms. The van der Waals surface area contributed by atoms with Crippen molar-refractivity contribution in [3.8, 4) is 28.5 Å². The van der Waals surface area contributed by atoms with Gasteiger partial charge in [0, 0.05) is 17.4 Å². The molecule has 0 atom stereocenters. The van der Waals surface area contributed by atoms with Crippen molar-refractivity contribution in [2.24, 2.45) is 0 Å². The molecule has 1 aliphatic heterocycles. The summed E-state index contributed by atoms with van der Waals surface area (Å²) >= 11 is 1.35. The average molecular weight is 426 g/mol. The van der Waals surface area contributed by atoms with Crippen molar-refractivity contribution < 1.29 is 23.7 Å². The number of hydrogen-bond donors (Lipinski definition) is 0. The quantitative estimate of drug-likeness (QED) is 0.568. The molecule has 0 fully saturated rings. The Morgan fingerprint density at radius 1 is 1.07 bits per heavy atom. The first-order valence-corrected chi connectivity index (χ1v) is 10.4. The van der Waals surface area contributed by atoms with Gasteiger partial charge < -0.3 is 23.7 Å². The SMILES string of the molecule is COc1cc(-c2nscc2C2=COC=C(CC3=CC=CCC3)O2)cc(OC)c1OC. The minimum absolute atomic E-state index is 0.539. The van der Waals surface area contributed by atoms with E-state index in [0.717, 1.165) is 41.8 Å². The average Bonchev–Trinajstić information content (AvgIpc) is 3.29. The molecule has 2 aliphatic rings. The van der Waals surface area contributed by atoms with Gasteiger partial charge in [0.2, 0.25) is 5.75 Å². The summed E-state index contributed by atoms with van der Waals surface area (Å²) in [6.45, 7) is 0. The van der Waals surface area contributed by atoms with Crippen molar-refractivity contribution in [2.75, 3.05) is 21.3 Å². The van der Waals surface area contributed by atoms with Crippen molar-refractivity contribution in [3.05, 3.63) is 65.2 Å². The normalized spacial score (nSPS) is 15.4. The van der Waals surface area contributed by atoms with Crippen LogP contribution in [-0.4, -0.2) is 25.7 Å². The third-order valence-corrected chi connectivity index (χ3v) is 5.52. The fourth-order valence-electron chi connectivity index (χ4n) is 3.42. The molecule has 2 aromatic rings. The minimum atomic E-state index is 0.539. The first kappa shape index (κ1) is 20.1. The van der Waals surface area contributed by atoms with E-state index in [2.05, 4.69) is 22.6 Å². The number of allylic oxidation sites excluding steroid dienone is 4. The Balaban J connectivity index is 1.62. The molecule has 6 nitrogen and oxygen atoms in total. The molecule has 1 aromatic heterocycles. The lowest BCUT2D eigenvalue weighted by atomic mass is 10.0. The van der Waals surface area contributed by atoms with Crippen LogP contribution >= 0.6 is 11.5 Å². The van der Waals surface area contributed by atoms with Crippen molar-refractivity contribution in [1.82, 2.24) is 4.37 Å². The molecule has 0 amide bonds. The molecule has 0 saturated carbocycles. The standard InChI is InChI=1S/C23H23NO5S/c1-25-19-10-16(11-20(26-2)23(19)27-3)22-18(14-30-24-22)21-13-28-12-17(29-21)9-15-7-5-4-6-8-15/h4-5,7,10-14H,6,8-9H2,1-3H3. The van der Waals surface area contributed by atoms with E-state index in [1.54, 1.807) is 33.9 Å². The Hall–Kier alpha value is -3.19. The largest absolute Gasteiger partial charge is 0.493 e. The maximum absolute atomic E-state index is 6.17. The Morgan fingerprint density at radius 2 is 1.87 bits per heavy atom. The van der Waals surface area contributed by atoms with Crippen LogP contribution < -0.4 is 14.2 Å². The zero-order valence-corrected chi connectivity index (χ0v) is 18.0. The molecule has 0 radical (unpaired) electrons. The molecule has 156 valence electrons. The van der Waals surface area contributed by atoms with Gasteiger partial charge >= 0.3 is 0 Å². The summed E-state index contributed by atoms with van der Waals surface area (Å²) in [7, 11) is 4.77. The van der Waals surface area contributed by atoms with Crippen molar-refractivity contribution in [1.29, 1.82) is 0 Å². The molecule has 0 bridgehead atoms. The molecule has 1 aromatic carbocycles. The van der Waals surface area contributed by atoms with Crippen LogP contribution in [-0.2, 0) is 9.47 Å². The Kier molecular flexibility index (Phi) is 6.09. The van der Waals surface area contributed by atoms with Gasteiger partial charge in [0.1, 0.15) is 18.3 Å². The third kappa shape index (κ3) is 4.07. The molecule has 0 spiro atoms. The molecule has 30 heavy (non-hydrogen) atoms. The van der Waals surface area contributed by atoms with Crippen molar-refractivity contribution in [3.63, 3.8) is 0 Å². The first-order chi connectivity index (χ1) is 14.7. The summed E-state index contributed by atoms with van der Waals surface area (Å²) in [5.74, 6) is 3.07. The van der Waals surface area contributed by atoms with E-state index >= 15 is 0 Å². The van der Waals surface area contributed by atoms with Gasteiger partial charge in [0.25, 0.3) is 0 Å². The maximum Gasteiger partial charge on any atom is 0.203 e. The van der Waals surface area contributed by atoms with E-state index in [0.29, 0.717) is 23.0 Å². The highest BCUT2D eigenvalue weighted by atomic mass is 32.1. The van der Waals surface area contributed by atoms with Crippen molar-refractivity contribution >= 4 is 17.3 Å². The Morgan fingerprint density at radius 3 is 2.53 bits per heavy atom. The number of aromatic nitrogens is 1. The number of benzene rings is 1. The fourth-order valence-corrected chi connectivity index (χ4v) is 4.11. The fraction of sp³-hybridized carbons (Fsp3) is 0.261. The third-order valence-electron chi connectivity index (χ3n) is 4.89. The van der Waals surface area contributed by atoms with Crippen LogP contribution in [0.1, 0.15) is 24.8 Å². The highest BCUT2D eigenvalue weighted by Gasteiger charge is 2.22. The molecule has 1 aliphatic carbocycles. The van der Waals surface area contributed by atoms with Gasteiger partial charge in [0.05, 0.1) is 32.6 Å². The molecule has 4 rings (SSSR count). The number of hydrogen-bond acceptors (Lipinski definition) is 7. The highest BCUT2D eigenvalue weighted by molar-refractivity contribution is 7.04. The predicted octanol–water partition coefficient (Wildman–Crippen LogP) is 5.69. The predicted molar refractivity (Wildman–Crippen MR) is 117 cm³/mol. The van der Waals surface area contributed by atoms with Crippen LogP contribution in [0.25, 0.3) is 17.0 Å². The summed E-state index contributed by atoms with van der Waals surface area (Å²) in [4.78, 5) is 0. The van der Waals surface area contributed by atoms with Crippen LogP contribution in [0.3, 0.4) is 0 Å². The van der Waals surface area contributed by atoms with E-state index in [9.17, 15) is 0 Å². The van der Waals surface area contributed by atoms with Gasteiger partial charge in [0.15, 0.2) is 17.3 Å². The summed E-state index contributed by atoms with van der Waals surface area (Å²) in [5, 5.41) is 1.94. The summed E-state index contributed by atoms with van der Waals surface area (Å²) < 4.78 is 32.7. The summed E-state index contributed by atoms with van der Waals surface area (Å²) in [6, 6.07) is 3.75. The zero-order valence-electron chi connectivity index (χ0n) is 17.1. The lowest BCUT2D eigenvalue weighted by Crippen LogP contribution is -2.02. The zero-order chi connectivity index (χ0) is 20.9. The van der Waals surface area contributed by atoms with Crippen LogP contribution in [0, 0.1) is 0 Å². The second-order valence-corrected chi connectivity index (χ2v) is 7.39. The van der Waals surface area contributed by atoms with E-state index in [4.69, 9.17) is 23.7 Å².